The van der Waals surface area contributed by atoms with Gasteiger partial charge in [0.05, 0.1) is 11.3 Å². The van der Waals surface area contributed by atoms with Crippen molar-refractivity contribution < 1.29 is 14.4 Å². The number of benzene rings is 1. The molecule has 2 heterocycles. The van der Waals surface area contributed by atoms with Gasteiger partial charge in [-0.05, 0) is 43.0 Å². The van der Waals surface area contributed by atoms with E-state index in [1.165, 1.54) is 0 Å². The molecule has 0 spiro atoms. The van der Waals surface area contributed by atoms with Gasteiger partial charge in [-0.15, -0.1) is 0 Å². The SMILES string of the molecule is O=C(NCc1cccnc1)C(=O)Nc1ccccc1C(=O)N1CCCCC1. The minimum Gasteiger partial charge on any atom is -0.344 e. The van der Waals surface area contributed by atoms with Crippen LogP contribution in [0.15, 0.2) is 48.8 Å². The third-order valence-corrected chi connectivity index (χ3v) is 4.43. The van der Waals surface area contributed by atoms with Crippen molar-refractivity contribution in [1.29, 1.82) is 0 Å². The van der Waals surface area contributed by atoms with E-state index in [-0.39, 0.29) is 12.5 Å². The normalized spacial score (nSPS) is 13.7. The highest BCUT2D eigenvalue weighted by molar-refractivity contribution is 6.40. The maximum Gasteiger partial charge on any atom is 0.313 e. The third kappa shape index (κ3) is 4.91. The summed E-state index contributed by atoms with van der Waals surface area (Å²) in [5.41, 5.74) is 1.53. The van der Waals surface area contributed by atoms with Gasteiger partial charge in [-0.1, -0.05) is 18.2 Å². The highest BCUT2D eigenvalue weighted by Gasteiger charge is 2.22. The molecule has 27 heavy (non-hydrogen) atoms. The molecule has 3 amide bonds. The Bertz CT molecular complexity index is 817. The highest BCUT2D eigenvalue weighted by Crippen LogP contribution is 2.20. The average molecular weight is 366 g/mol. The lowest BCUT2D eigenvalue weighted by atomic mass is 10.1. The minimum absolute atomic E-state index is 0.124. The maximum absolute atomic E-state index is 12.7. The molecule has 3 rings (SSSR count). The largest absolute Gasteiger partial charge is 0.344 e. The first-order valence-corrected chi connectivity index (χ1v) is 9.01. The molecule has 1 fully saturated rings. The lowest BCUT2D eigenvalue weighted by Crippen LogP contribution is -2.37. The fourth-order valence-corrected chi connectivity index (χ4v) is 2.99. The zero-order chi connectivity index (χ0) is 19.1. The number of carbonyl (C=O) groups excluding carboxylic acids is 3. The first-order chi connectivity index (χ1) is 13.1. The van der Waals surface area contributed by atoms with E-state index in [4.69, 9.17) is 0 Å². The van der Waals surface area contributed by atoms with E-state index in [0.29, 0.717) is 24.3 Å². The molecule has 7 heteroatoms. The molecule has 0 radical (unpaired) electrons. The number of likely N-dealkylation sites (tertiary alicyclic amines) is 1. The number of pyridine rings is 1. The standard InChI is InChI=1S/C20H22N4O3/c25-18(22-14-15-7-6-10-21-13-15)19(26)23-17-9-3-2-8-16(17)20(27)24-11-4-1-5-12-24/h2-3,6-10,13H,1,4-5,11-12,14H2,(H,22,25)(H,23,26). The van der Waals surface area contributed by atoms with Crippen molar-refractivity contribution in [3.63, 3.8) is 0 Å². The molecule has 0 atom stereocenters. The first kappa shape index (κ1) is 18.6. The third-order valence-electron chi connectivity index (χ3n) is 4.43. The number of piperidine rings is 1. The zero-order valence-electron chi connectivity index (χ0n) is 15.0. The average Bonchev–Trinajstić information content (AvgIpc) is 2.73. The van der Waals surface area contributed by atoms with Crippen LogP contribution in [0, 0.1) is 0 Å². The molecule has 7 nitrogen and oxygen atoms in total. The predicted octanol–water partition coefficient (Wildman–Crippen LogP) is 1.96. The lowest BCUT2D eigenvalue weighted by molar-refractivity contribution is -0.136. The van der Waals surface area contributed by atoms with Gasteiger partial charge in [0, 0.05) is 32.0 Å². The van der Waals surface area contributed by atoms with Gasteiger partial charge in [0.25, 0.3) is 5.91 Å². The van der Waals surface area contributed by atoms with E-state index in [1.54, 1.807) is 53.7 Å². The molecule has 0 bridgehead atoms. The summed E-state index contributed by atoms with van der Waals surface area (Å²) in [6.45, 7) is 1.63. The lowest BCUT2D eigenvalue weighted by Gasteiger charge is -2.27. The number of aromatic nitrogens is 1. The highest BCUT2D eigenvalue weighted by atomic mass is 16.2. The van der Waals surface area contributed by atoms with Gasteiger partial charge in [-0.3, -0.25) is 19.4 Å². The first-order valence-electron chi connectivity index (χ1n) is 9.01. The molecule has 1 saturated heterocycles. The molecule has 1 aliphatic heterocycles. The van der Waals surface area contributed by atoms with Crippen LogP contribution in [0.5, 0.6) is 0 Å². The van der Waals surface area contributed by atoms with Crippen LogP contribution in [0.4, 0.5) is 5.69 Å². The van der Waals surface area contributed by atoms with Gasteiger partial charge in [0.15, 0.2) is 0 Å². The number of nitrogens with one attached hydrogen (secondary N) is 2. The number of anilines is 1. The van der Waals surface area contributed by atoms with Gasteiger partial charge in [-0.2, -0.15) is 0 Å². The Hall–Kier alpha value is -3.22. The van der Waals surface area contributed by atoms with E-state index in [2.05, 4.69) is 15.6 Å². The van der Waals surface area contributed by atoms with Gasteiger partial charge in [0.1, 0.15) is 0 Å². The smallest absolute Gasteiger partial charge is 0.313 e. The Balaban J connectivity index is 1.63. The molecule has 0 unspecified atom stereocenters. The zero-order valence-corrected chi connectivity index (χ0v) is 15.0. The van der Waals surface area contributed by atoms with Crippen molar-refractivity contribution in [1.82, 2.24) is 15.2 Å². The molecule has 140 valence electrons. The Labute approximate surface area is 157 Å². The fraction of sp³-hybridized carbons (Fsp3) is 0.300. The number of hydrogen-bond acceptors (Lipinski definition) is 4. The molecule has 1 aromatic heterocycles. The van der Waals surface area contributed by atoms with Crippen LogP contribution in [0.1, 0.15) is 35.2 Å². The molecule has 0 aliphatic carbocycles. The van der Waals surface area contributed by atoms with Crippen molar-refractivity contribution in [2.24, 2.45) is 0 Å². The summed E-state index contributed by atoms with van der Waals surface area (Å²) in [5.74, 6) is -1.70. The second-order valence-electron chi connectivity index (χ2n) is 6.40. The topological polar surface area (TPSA) is 91.4 Å². The minimum atomic E-state index is -0.808. The molecular weight excluding hydrogens is 344 g/mol. The Kier molecular flexibility index (Phi) is 6.14. The van der Waals surface area contributed by atoms with Gasteiger partial charge in [0.2, 0.25) is 0 Å². The summed E-state index contributed by atoms with van der Waals surface area (Å²) in [6.07, 6.45) is 6.34. The molecule has 2 N–H and O–H groups in total. The molecule has 1 aliphatic rings. The summed E-state index contributed by atoms with van der Waals surface area (Å²) in [4.78, 5) is 42.8. The van der Waals surface area contributed by atoms with Crippen molar-refractivity contribution in [2.75, 3.05) is 18.4 Å². The number of carbonyl (C=O) groups is 3. The Morgan fingerprint density at radius 3 is 2.48 bits per heavy atom. The number of amides is 3. The second kappa shape index (κ2) is 8.93. The van der Waals surface area contributed by atoms with E-state index >= 15 is 0 Å². The maximum atomic E-state index is 12.7. The summed E-state index contributed by atoms with van der Waals surface area (Å²) < 4.78 is 0. The monoisotopic (exact) mass is 366 g/mol. The van der Waals surface area contributed by atoms with E-state index in [9.17, 15) is 14.4 Å². The molecular formula is C20H22N4O3. The number of hydrogen-bond donors (Lipinski definition) is 2. The van der Waals surface area contributed by atoms with Gasteiger partial charge in [-0.25, -0.2) is 0 Å². The van der Waals surface area contributed by atoms with Crippen LogP contribution in [0.3, 0.4) is 0 Å². The summed E-state index contributed by atoms with van der Waals surface area (Å²) in [5, 5.41) is 5.10. The van der Waals surface area contributed by atoms with Crippen molar-refractivity contribution in [3.8, 4) is 0 Å². The second-order valence-corrected chi connectivity index (χ2v) is 6.40. The number of rotatable bonds is 4. The summed E-state index contributed by atoms with van der Waals surface area (Å²) in [7, 11) is 0. The van der Waals surface area contributed by atoms with Crippen LogP contribution >= 0.6 is 0 Å². The predicted molar refractivity (Wildman–Crippen MR) is 101 cm³/mol. The van der Waals surface area contributed by atoms with E-state index in [0.717, 1.165) is 24.8 Å². The van der Waals surface area contributed by atoms with Gasteiger partial charge >= 0.3 is 11.8 Å². The van der Waals surface area contributed by atoms with Gasteiger partial charge < -0.3 is 15.5 Å². The Morgan fingerprint density at radius 2 is 1.74 bits per heavy atom. The van der Waals surface area contributed by atoms with Crippen molar-refractivity contribution >= 4 is 23.4 Å². The van der Waals surface area contributed by atoms with Crippen LogP contribution in [0.25, 0.3) is 0 Å². The Morgan fingerprint density at radius 1 is 0.963 bits per heavy atom. The van der Waals surface area contributed by atoms with Crippen LogP contribution in [0.2, 0.25) is 0 Å². The van der Waals surface area contributed by atoms with Crippen LogP contribution in [-0.2, 0) is 16.1 Å². The van der Waals surface area contributed by atoms with Crippen molar-refractivity contribution in [3.05, 3.63) is 59.9 Å². The molecule has 1 aromatic carbocycles. The summed E-state index contributed by atoms with van der Waals surface area (Å²) in [6, 6.07) is 10.3. The van der Waals surface area contributed by atoms with Crippen LogP contribution in [-0.4, -0.2) is 40.7 Å². The quantitative estimate of drug-likeness (QED) is 0.809. The molecule has 0 saturated carbocycles. The number of para-hydroxylation sites is 1. The van der Waals surface area contributed by atoms with Crippen LogP contribution < -0.4 is 10.6 Å². The summed E-state index contributed by atoms with van der Waals surface area (Å²) >= 11 is 0. The van der Waals surface area contributed by atoms with E-state index < -0.39 is 11.8 Å². The van der Waals surface area contributed by atoms with Crippen molar-refractivity contribution in [2.45, 2.75) is 25.8 Å². The number of nitrogens with zero attached hydrogens (tertiary/aromatic N) is 2. The fourth-order valence-electron chi connectivity index (χ4n) is 2.99. The molecule has 2 aromatic rings. The van der Waals surface area contributed by atoms with E-state index in [1.807, 2.05) is 0 Å².